The number of hydrogen-bond acceptors (Lipinski definition) is 3. The van der Waals surface area contributed by atoms with Crippen molar-refractivity contribution in [1.82, 2.24) is 20.4 Å². The lowest BCUT2D eigenvalue weighted by molar-refractivity contribution is 0.280. The van der Waals surface area contributed by atoms with Gasteiger partial charge in [-0.2, -0.15) is 0 Å². The van der Waals surface area contributed by atoms with Crippen LogP contribution in [0.4, 0.5) is 0 Å². The average Bonchev–Trinajstić information content (AvgIpc) is 2.78. The van der Waals surface area contributed by atoms with Crippen molar-refractivity contribution in [3.05, 3.63) is 35.4 Å². The van der Waals surface area contributed by atoms with Crippen molar-refractivity contribution in [2.45, 2.75) is 26.8 Å². The molecular formula is C19H34IN5. The summed E-state index contributed by atoms with van der Waals surface area (Å²) >= 11 is 0. The fraction of sp³-hybridized carbons (Fsp3) is 0.632. The summed E-state index contributed by atoms with van der Waals surface area (Å²) in [5.41, 5.74) is 2.53. The van der Waals surface area contributed by atoms with Crippen molar-refractivity contribution >= 4 is 29.9 Å². The lowest BCUT2D eigenvalue weighted by Crippen LogP contribution is -2.42. The van der Waals surface area contributed by atoms with Gasteiger partial charge in [0.15, 0.2) is 5.96 Å². The number of likely N-dealkylation sites (N-methyl/N-ethyl adjacent to an activating group) is 1. The predicted molar refractivity (Wildman–Crippen MR) is 118 cm³/mol. The first-order chi connectivity index (χ1) is 11.7. The molecule has 1 heterocycles. The summed E-state index contributed by atoms with van der Waals surface area (Å²) in [7, 11) is 2.21. The highest BCUT2D eigenvalue weighted by molar-refractivity contribution is 14.0. The molecule has 2 N–H and O–H groups in total. The summed E-state index contributed by atoms with van der Waals surface area (Å²) < 4.78 is 0. The normalized spacial score (nSPS) is 16.8. The second-order valence-electron chi connectivity index (χ2n) is 6.61. The van der Waals surface area contributed by atoms with Crippen molar-refractivity contribution in [3.63, 3.8) is 0 Å². The van der Waals surface area contributed by atoms with Gasteiger partial charge >= 0.3 is 0 Å². The quantitative estimate of drug-likeness (QED) is 0.390. The van der Waals surface area contributed by atoms with Crippen LogP contribution in [0, 0.1) is 6.92 Å². The predicted octanol–water partition coefficient (Wildman–Crippen LogP) is 2.31. The minimum absolute atomic E-state index is 0. The van der Waals surface area contributed by atoms with Crippen LogP contribution in [0.3, 0.4) is 0 Å². The van der Waals surface area contributed by atoms with E-state index in [1.807, 2.05) is 0 Å². The molecule has 1 aliphatic rings. The summed E-state index contributed by atoms with van der Waals surface area (Å²) in [6, 6.07) is 8.58. The van der Waals surface area contributed by atoms with E-state index in [1.54, 1.807) is 0 Å². The van der Waals surface area contributed by atoms with Crippen LogP contribution >= 0.6 is 24.0 Å². The van der Waals surface area contributed by atoms with E-state index in [2.05, 4.69) is 65.6 Å². The van der Waals surface area contributed by atoms with Crippen LogP contribution in [0.1, 0.15) is 24.5 Å². The zero-order chi connectivity index (χ0) is 17.2. The number of nitrogens with one attached hydrogen (secondary N) is 2. The maximum absolute atomic E-state index is 4.69. The van der Waals surface area contributed by atoms with Crippen LogP contribution in [0.2, 0.25) is 0 Å². The summed E-state index contributed by atoms with van der Waals surface area (Å²) in [5, 5.41) is 6.80. The Labute approximate surface area is 170 Å². The van der Waals surface area contributed by atoms with Gasteiger partial charge in [0.2, 0.25) is 0 Å². The fourth-order valence-corrected chi connectivity index (χ4v) is 2.86. The average molecular weight is 459 g/mol. The Bertz CT molecular complexity index is 503. The number of hydrogen-bond donors (Lipinski definition) is 2. The number of rotatable bonds is 6. The lowest BCUT2D eigenvalue weighted by atomic mass is 10.1. The topological polar surface area (TPSA) is 42.9 Å². The standard InChI is InChI=1S/C19H33N5.HI/c1-4-20-19(22-16-18-8-6-17(2)7-9-18)21-10-13-24-12-5-11-23(3)14-15-24;/h6-9H,4-5,10-16H2,1-3H3,(H2,20,21,22);1H. The molecule has 0 unspecified atom stereocenters. The van der Waals surface area contributed by atoms with Gasteiger partial charge in [-0.1, -0.05) is 29.8 Å². The van der Waals surface area contributed by atoms with E-state index >= 15 is 0 Å². The Hall–Kier alpha value is -0.860. The SMILES string of the molecule is CCNC(=NCc1ccc(C)cc1)NCCN1CCCN(C)CC1.I. The first-order valence-electron chi connectivity index (χ1n) is 9.16. The second-order valence-corrected chi connectivity index (χ2v) is 6.61. The summed E-state index contributed by atoms with van der Waals surface area (Å²) in [5.74, 6) is 0.907. The molecule has 0 atom stereocenters. The third-order valence-electron chi connectivity index (χ3n) is 4.42. The molecule has 0 saturated carbocycles. The van der Waals surface area contributed by atoms with E-state index in [0.29, 0.717) is 6.54 Å². The highest BCUT2D eigenvalue weighted by Crippen LogP contribution is 2.04. The molecule has 0 bridgehead atoms. The molecule has 2 rings (SSSR count). The van der Waals surface area contributed by atoms with E-state index in [4.69, 9.17) is 4.99 Å². The second kappa shape index (κ2) is 12.5. The van der Waals surface area contributed by atoms with Gasteiger partial charge in [-0.3, -0.25) is 0 Å². The van der Waals surface area contributed by atoms with Gasteiger partial charge in [-0.15, -0.1) is 24.0 Å². The fourth-order valence-electron chi connectivity index (χ4n) is 2.86. The molecule has 0 amide bonds. The van der Waals surface area contributed by atoms with Crippen molar-refractivity contribution in [1.29, 1.82) is 0 Å². The maximum Gasteiger partial charge on any atom is 0.191 e. The molecule has 0 spiro atoms. The lowest BCUT2D eigenvalue weighted by Gasteiger charge is -2.21. The molecule has 1 saturated heterocycles. The Balaban J connectivity index is 0.00000312. The number of benzene rings is 1. The van der Waals surface area contributed by atoms with Gasteiger partial charge in [-0.25, -0.2) is 4.99 Å². The van der Waals surface area contributed by atoms with Crippen molar-refractivity contribution in [3.8, 4) is 0 Å². The molecule has 25 heavy (non-hydrogen) atoms. The van der Waals surface area contributed by atoms with Crippen LogP contribution in [0.25, 0.3) is 0 Å². The van der Waals surface area contributed by atoms with E-state index < -0.39 is 0 Å². The Kier molecular flexibility index (Phi) is 11.1. The molecule has 1 fully saturated rings. The molecule has 142 valence electrons. The third kappa shape index (κ3) is 8.87. The molecule has 0 radical (unpaired) electrons. The zero-order valence-corrected chi connectivity index (χ0v) is 18.3. The highest BCUT2D eigenvalue weighted by atomic mass is 127. The van der Waals surface area contributed by atoms with E-state index in [0.717, 1.165) is 32.1 Å². The number of guanidine groups is 1. The molecule has 5 nitrogen and oxygen atoms in total. The molecular weight excluding hydrogens is 425 g/mol. The summed E-state index contributed by atoms with van der Waals surface area (Å²) in [6.07, 6.45) is 1.26. The Morgan fingerprint density at radius 2 is 1.84 bits per heavy atom. The molecule has 1 aromatic rings. The van der Waals surface area contributed by atoms with E-state index in [-0.39, 0.29) is 24.0 Å². The van der Waals surface area contributed by atoms with Gasteiger partial charge in [0.05, 0.1) is 6.54 Å². The van der Waals surface area contributed by atoms with Gasteiger partial charge in [0, 0.05) is 32.7 Å². The first kappa shape index (κ1) is 22.2. The number of aryl methyl sites for hydroxylation is 1. The van der Waals surface area contributed by atoms with Gasteiger partial charge in [0.25, 0.3) is 0 Å². The van der Waals surface area contributed by atoms with Gasteiger partial charge in [-0.05, 0) is 46.0 Å². The molecule has 1 aromatic carbocycles. The smallest absolute Gasteiger partial charge is 0.191 e. The molecule has 1 aliphatic heterocycles. The van der Waals surface area contributed by atoms with E-state index in [9.17, 15) is 0 Å². The van der Waals surface area contributed by atoms with Crippen LogP contribution < -0.4 is 10.6 Å². The minimum atomic E-state index is 0. The molecule has 0 aromatic heterocycles. The van der Waals surface area contributed by atoms with Crippen LogP contribution in [-0.2, 0) is 6.54 Å². The molecule has 6 heteroatoms. The first-order valence-corrected chi connectivity index (χ1v) is 9.16. The summed E-state index contributed by atoms with van der Waals surface area (Å²) in [6.45, 7) is 12.6. The molecule has 0 aliphatic carbocycles. The number of halogens is 1. The Morgan fingerprint density at radius 1 is 1.08 bits per heavy atom. The zero-order valence-electron chi connectivity index (χ0n) is 15.9. The van der Waals surface area contributed by atoms with Crippen molar-refractivity contribution in [2.24, 2.45) is 4.99 Å². The largest absolute Gasteiger partial charge is 0.357 e. The van der Waals surface area contributed by atoms with Crippen LogP contribution in [0.15, 0.2) is 29.3 Å². The number of aliphatic imine (C=N–C) groups is 1. The number of nitrogens with zero attached hydrogens (tertiary/aromatic N) is 3. The van der Waals surface area contributed by atoms with Gasteiger partial charge in [0.1, 0.15) is 0 Å². The van der Waals surface area contributed by atoms with Crippen LogP contribution in [-0.4, -0.2) is 68.6 Å². The highest BCUT2D eigenvalue weighted by Gasteiger charge is 2.11. The minimum Gasteiger partial charge on any atom is -0.357 e. The third-order valence-corrected chi connectivity index (χ3v) is 4.42. The van der Waals surface area contributed by atoms with Crippen molar-refractivity contribution in [2.75, 3.05) is 52.9 Å². The summed E-state index contributed by atoms with van der Waals surface area (Å²) in [4.78, 5) is 9.65. The van der Waals surface area contributed by atoms with Crippen LogP contribution in [0.5, 0.6) is 0 Å². The van der Waals surface area contributed by atoms with Crippen molar-refractivity contribution < 1.29 is 0 Å². The van der Waals surface area contributed by atoms with E-state index in [1.165, 1.54) is 37.2 Å². The monoisotopic (exact) mass is 459 g/mol. The maximum atomic E-state index is 4.69. The van der Waals surface area contributed by atoms with Gasteiger partial charge < -0.3 is 20.4 Å². The Morgan fingerprint density at radius 3 is 2.56 bits per heavy atom.